The molecule has 19 nitrogen and oxygen atoms in total. The highest BCUT2D eigenvalue weighted by atomic mass is 16.6. The lowest BCUT2D eigenvalue weighted by atomic mass is 9.97. The Morgan fingerprint density at radius 1 is 0.710 bits per heavy atom. The summed E-state index contributed by atoms with van der Waals surface area (Å²) in [5.74, 6) is 0.424. The molecule has 0 bridgehead atoms. The Labute approximate surface area is 361 Å². The van der Waals surface area contributed by atoms with Crippen molar-refractivity contribution in [1.82, 2.24) is 39.4 Å². The monoisotopic (exact) mass is 859 g/mol. The van der Waals surface area contributed by atoms with Crippen LogP contribution in [0.25, 0.3) is 33.4 Å². The van der Waals surface area contributed by atoms with Gasteiger partial charge >= 0.3 is 0 Å². The number of fused-ring (bicyclic) bond motifs is 3. The zero-order valence-corrected chi connectivity index (χ0v) is 35.6. The molecule has 19 heteroatoms. The van der Waals surface area contributed by atoms with E-state index in [-0.39, 0.29) is 11.9 Å². The highest BCUT2D eigenvalue weighted by Crippen LogP contribution is 2.33. The van der Waals surface area contributed by atoms with Crippen LogP contribution in [0.5, 0.6) is 0 Å². The number of benzene rings is 2. The lowest BCUT2D eigenvalue weighted by molar-refractivity contribution is -0.133. The second-order valence-corrected chi connectivity index (χ2v) is 15.3. The van der Waals surface area contributed by atoms with Crippen LogP contribution in [0, 0.1) is 0 Å². The molecule has 336 valence electrons. The Balaban J connectivity index is 0.715. The molecule has 1 amide bonds. The minimum atomic E-state index is 0.0801. The lowest BCUT2D eigenvalue weighted by Crippen LogP contribution is -2.48. The van der Waals surface area contributed by atoms with Gasteiger partial charge in [-0.2, -0.15) is 10.1 Å². The zero-order valence-electron chi connectivity index (χ0n) is 35.6. The summed E-state index contributed by atoms with van der Waals surface area (Å²) in [5, 5.41) is 5.60. The first-order chi connectivity index (χ1) is 30.4. The topological polar surface area (TPSA) is 230 Å². The first-order valence-corrected chi connectivity index (χ1v) is 21.6. The fourth-order valence-electron chi connectivity index (χ4n) is 7.63. The minimum Gasteiger partial charge on any atom is -0.424 e. The third-order valence-electron chi connectivity index (χ3n) is 11.0. The van der Waals surface area contributed by atoms with Gasteiger partial charge < -0.3 is 54.9 Å². The van der Waals surface area contributed by atoms with Gasteiger partial charge in [-0.3, -0.25) is 14.6 Å². The fraction of sp³-hybridized carbons (Fsp3) is 0.558. The quantitative estimate of drug-likeness (QED) is 0.0674. The number of carbonyl (C=O) groups is 1. The molecule has 2 aliphatic rings. The van der Waals surface area contributed by atoms with Crippen LogP contribution in [-0.2, 0) is 52.7 Å². The molecular formula is C43H61N11O8. The summed E-state index contributed by atoms with van der Waals surface area (Å²) in [6.45, 7) is 14.8. The molecule has 0 unspecified atom stereocenters. The molecule has 2 aromatic carbocycles. The van der Waals surface area contributed by atoms with E-state index in [1.807, 2.05) is 27.8 Å². The van der Waals surface area contributed by atoms with Crippen molar-refractivity contribution in [3.63, 3.8) is 0 Å². The van der Waals surface area contributed by atoms with Crippen molar-refractivity contribution in [1.29, 1.82) is 0 Å². The summed E-state index contributed by atoms with van der Waals surface area (Å²) < 4.78 is 41.0. The number of piperazine rings is 1. The minimum absolute atomic E-state index is 0.0801. The van der Waals surface area contributed by atoms with E-state index in [2.05, 4.69) is 43.0 Å². The molecule has 0 saturated carbocycles. The molecule has 2 aliphatic heterocycles. The summed E-state index contributed by atoms with van der Waals surface area (Å²) in [5.41, 5.74) is 24.3. The number of nitrogens with two attached hydrogens (primary N) is 3. The Hall–Kier alpha value is -4.83. The van der Waals surface area contributed by atoms with Gasteiger partial charge in [-0.25, -0.2) is 14.6 Å². The maximum atomic E-state index is 13.0. The van der Waals surface area contributed by atoms with E-state index in [9.17, 15) is 4.79 Å². The van der Waals surface area contributed by atoms with Gasteiger partial charge in [0.15, 0.2) is 11.2 Å². The van der Waals surface area contributed by atoms with Crippen molar-refractivity contribution in [3.05, 3.63) is 59.4 Å². The first-order valence-electron chi connectivity index (χ1n) is 21.6. The number of amides is 1. The van der Waals surface area contributed by atoms with Gasteiger partial charge in [0.25, 0.3) is 6.01 Å². The molecule has 7 rings (SSSR count). The molecule has 0 aliphatic carbocycles. The van der Waals surface area contributed by atoms with Gasteiger partial charge in [0, 0.05) is 64.5 Å². The van der Waals surface area contributed by atoms with Crippen molar-refractivity contribution >= 4 is 39.9 Å². The van der Waals surface area contributed by atoms with Gasteiger partial charge in [0.2, 0.25) is 5.91 Å². The second kappa shape index (κ2) is 23.6. The normalized spacial score (nSPS) is 15.0. The van der Waals surface area contributed by atoms with E-state index in [0.717, 1.165) is 69.0 Å². The number of oxazole rings is 1. The largest absolute Gasteiger partial charge is 0.424 e. The van der Waals surface area contributed by atoms with E-state index < -0.39 is 0 Å². The average molecular weight is 860 g/mol. The van der Waals surface area contributed by atoms with Crippen LogP contribution in [0.3, 0.4) is 0 Å². The molecule has 0 spiro atoms. The maximum absolute atomic E-state index is 13.0. The number of hydrogen-bond donors (Lipinski definition) is 3. The van der Waals surface area contributed by atoms with Gasteiger partial charge in [-0.15, -0.1) is 0 Å². The van der Waals surface area contributed by atoms with Crippen LogP contribution in [0.4, 0.5) is 11.8 Å². The third-order valence-corrected chi connectivity index (χ3v) is 11.0. The van der Waals surface area contributed by atoms with Crippen molar-refractivity contribution in [2.45, 2.75) is 25.9 Å². The summed E-state index contributed by atoms with van der Waals surface area (Å²) in [7, 11) is 0. The van der Waals surface area contributed by atoms with Crippen molar-refractivity contribution in [2.75, 3.05) is 143 Å². The summed E-state index contributed by atoms with van der Waals surface area (Å²) in [6.07, 6.45) is 2.54. The number of aromatic nitrogens is 5. The van der Waals surface area contributed by atoms with Crippen LogP contribution in [0.15, 0.2) is 47.1 Å². The standard InChI is InChI=1S/C43H61N11O8/c44-7-16-57-20-21-58-17-13-51-9-11-52(12-10-51)14-18-59-22-24-61-26-25-60-23-19-56-15-6-38(55)53-8-5-33-27-32(1-2-35(33)30-53)29-54-42-39(41(45)47-31-48-42)40(50-54)34-3-4-37-36(28-34)49-43(46)62-37/h1-4,27-28,31H,5-26,29-30,44H2,(H2,46,49)(H2,45,47,48). The molecule has 62 heavy (non-hydrogen) atoms. The zero-order chi connectivity index (χ0) is 42.9. The van der Waals surface area contributed by atoms with E-state index in [1.54, 1.807) is 0 Å². The number of hydrogen-bond acceptors (Lipinski definition) is 17. The predicted octanol–water partition coefficient (Wildman–Crippen LogP) is 1.80. The molecule has 0 atom stereocenters. The van der Waals surface area contributed by atoms with Crippen molar-refractivity contribution in [2.24, 2.45) is 5.73 Å². The fourth-order valence-corrected chi connectivity index (χ4v) is 7.63. The predicted molar refractivity (Wildman–Crippen MR) is 233 cm³/mol. The number of rotatable bonds is 26. The van der Waals surface area contributed by atoms with Crippen LogP contribution in [0.2, 0.25) is 0 Å². The lowest BCUT2D eigenvalue weighted by Gasteiger charge is -2.34. The Morgan fingerprint density at radius 2 is 1.35 bits per heavy atom. The van der Waals surface area contributed by atoms with Crippen LogP contribution in [0.1, 0.15) is 23.1 Å². The van der Waals surface area contributed by atoms with Crippen molar-refractivity contribution in [3.8, 4) is 11.3 Å². The van der Waals surface area contributed by atoms with E-state index in [0.29, 0.717) is 139 Å². The van der Waals surface area contributed by atoms with Gasteiger partial charge in [0.1, 0.15) is 23.4 Å². The number of nitrogens with zero attached hydrogens (tertiary/aromatic N) is 8. The van der Waals surface area contributed by atoms with Gasteiger partial charge in [-0.1, -0.05) is 18.2 Å². The first kappa shape index (κ1) is 45.2. The Kier molecular flexibility index (Phi) is 17.2. The van der Waals surface area contributed by atoms with E-state index in [1.165, 1.54) is 11.9 Å². The van der Waals surface area contributed by atoms with Crippen LogP contribution >= 0.6 is 0 Å². The molecule has 5 aromatic rings. The average Bonchev–Trinajstić information content (AvgIpc) is 3.85. The molecular weight excluding hydrogens is 799 g/mol. The van der Waals surface area contributed by atoms with Crippen molar-refractivity contribution < 1.29 is 37.6 Å². The number of nitrogen functional groups attached to an aromatic ring is 2. The molecule has 1 fully saturated rings. The molecule has 0 radical (unpaired) electrons. The third kappa shape index (κ3) is 12.9. The second-order valence-electron chi connectivity index (χ2n) is 15.3. The van der Waals surface area contributed by atoms with Gasteiger partial charge in [-0.05, 0) is 41.3 Å². The molecule has 3 aromatic heterocycles. The van der Waals surface area contributed by atoms with Crippen LogP contribution in [-0.4, -0.2) is 177 Å². The molecule has 5 heterocycles. The maximum Gasteiger partial charge on any atom is 0.292 e. The van der Waals surface area contributed by atoms with Crippen LogP contribution < -0.4 is 17.2 Å². The highest BCUT2D eigenvalue weighted by molar-refractivity contribution is 5.99. The van der Waals surface area contributed by atoms with E-state index in [4.69, 9.17) is 55.1 Å². The van der Waals surface area contributed by atoms with Gasteiger partial charge in [0.05, 0.1) is 97.6 Å². The number of carbonyl (C=O) groups excluding carboxylic acids is 1. The number of ether oxygens (including phenoxy) is 6. The molecule has 1 saturated heterocycles. The Bertz CT molecular complexity index is 2160. The number of anilines is 2. The Morgan fingerprint density at radius 3 is 2.03 bits per heavy atom. The smallest absolute Gasteiger partial charge is 0.292 e. The summed E-state index contributed by atoms with van der Waals surface area (Å²) >= 11 is 0. The summed E-state index contributed by atoms with van der Waals surface area (Å²) in [6, 6.07) is 12.0. The SMILES string of the molecule is NCCOCCOCCN1CCN(CCOCCOCCOCCOCCC(=O)N2CCc3cc(Cn4nc(-c5ccc6oc(N)nc6c5)c5c(N)ncnc54)ccc3C2)CC1. The summed E-state index contributed by atoms with van der Waals surface area (Å²) in [4.78, 5) is 32.9. The highest BCUT2D eigenvalue weighted by Gasteiger charge is 2.23. The van der Waals surface area contributed by atoms with E-state index >= 15 is 0 Å². The molecule has 6 N–H and O–H groups in total.